The molecule has 0 radical (unpaired) electrons. The van der Waals surface area contributed by atoms with Gasteiger partial charge in [-0.15, -0.1) is 11.3 Å². The lowest BCUT2D eigenvalue weighted by Gasteiger charge is -2.07. The van der Waals surface area contributed by atoms with E-state index in [1.807, 2.05) is 43.3 Å². The van der Waals surface area contributed by atoms with Crippen LogP contribution in [0.1, 0.15) is 16.1 Å². The number of carbonyl (C=O) groups excluding carboxylic acids is 1. The maximum atomic E-state index is 12.0. The van der Waals surface area contributed by atoms with Crippen LogP contribution in [0.3, 0.4) is 0 Å². The summed E-state index contributed by atoms with van der Waals surface area (Å²) in [5.41, 5.74) is 0. The molecule has 0 saturated heterocycles. The Morgan fingerprint density at radius 3 is 2.71 bits per heavy atom. The summed E-state index contributed by atoms with van der Waals surface area (Å²) in [4.78, 5) is 14.7. The molecule has 2 rings (SSSR count). The average Bonchev–Trinajstić information content (AvgIpc) is 2.64. The highest BCUT2D eigenvalue weighted by Gasteiger charge is 2.16. The molecule has 0 fully saturated rings. The van der Waals surface area contributed by atoms with Gasteiger partial charge < -0.3 is 4.90 Å². The number of nitrogens with zero attached hydrogens (tertiary/aromatic N) is 1. The van der Waals surface area contributed by atoms with Crippen molar-refractivity contribution in [3.8, 4) is 0 Å². The Balaban J connectivity index is 2.29. The Bertz CT molecular complexity index is 547. The number of hydrogen-bond acceptors (Lipinski definition) is 3. The third kappa shape index (κ3) is 2.68. The lowest BCUT2D eigenvalue weighted by Crippen LogP contribution is -2.16. The molecular formula is C13H14ClNOS. The standard InChI is InChI=1S/C13H14ClNOS/c1-15(2)8-7-10(16)13-12(14)9-5-3-4-6-11(9)17-13/h3-6H,7-8H2,1-2H3. The Hall–Kier alpha value is -0.900. The van der Waals surface area contributed by atoms with Crippen LogP contribution in [0.15, 0.2) is 24.3 Å². The van der Waals surface area contributed by atoms with E-state index in [-0.39, 0.29) is 5.78 Å². The molecular weight excluding hydrogens is 254 g/mol. The second kappa shape index (κ2) is 5.17. The Morgan fingerprint density at radius 2 is 2.06 bits per heavy atom. The highest BCUT2D eigenvalue weighted by atomic mass is 35.5. The number of thiophene rings is 1. The third-order valence-corrected chi connectivity index (χ3v) is 4.29. The fourth-order valence-electron chi connectivity index (χ4n) is 1.63. The molecule has 0 saturated carbocycles. The van der Waals surface area contributed by atoms with Gasteiger partial charge in [-0.3, -0.25) is 4.79 Å². The highest BCUT2D eigenvalue weighted by molar-refractivity contribution is 7.21. The van der Waals surface area contributed by atoms with E-state index in [2.05, 4.69) is 0 Å². The first-order valence-corrected chi connectivity index (χ1v) is 6.64. The van der Waals surface area contributed by atoms with E-state index in [4.69, 9.17) is 11.6 Å². The predicted molar refractivity (Wildman–Crippen MR) is 74.3 cm³/mol. The molecule has 0 spiro atoms. The number of fused-ring (bicyclic) bond motifs is 1. The molecule has 0 aliphatic rings. The first-order valence-electron chi connectivity index (χ1n) is 5.44. The first-order chi connectivity index (χ1) is 8.09. The van der Waals surface area contributed by atoms with Crippen molar-refractivity contribution in [3.05, 3.63) is 34.2 Å². The average molecular weight is 268 g/mol. The van der Waals surface area contributed by atoms with E-state index in [0.717, 1.165) is 16.6 Å². The Morgan fingerprint density at radius 1 is 1.35 bits per heavy atom. The predicted octanol–water partition coefficient (Wildman–Crippen LogP) is 3.69. The molecule has 0 bridgehead atoms. The second-order valence-electron chi connectivity index (χ2n) is 4.22. The maximum absolute atomic E-state index is 12.0. The topological polar surface area (TPSA) is 20.3 Å². The van der Waals surface area contributed by atoms with Crippen molar-refractivity contribution >= 4 is 38.8 Å². The summed E-state index contributed by atoms with van der Waals surface area (Å²) in [6.45, 7) is 0.753. The molecule has 1 aromatic heterocycles. The van der Waals surface area contributed by atoms with Crippen LogP contribution in [0.2, 0.25) is 5.02 Å². The number of Topliss-reactive ketones (excluding diaryl/α,β-unsaturated/α-hetero) is 1. The summed E-state index contributed by atoms with van der Waals surface area (Å²) in [5, 5.41) is 1.58. The Kier molecular flexibility index (Phi) is 3.82. The minimum atomic E-state index is 0.130. The van der Waals surface area contributed by atoms with E-state index >= 15 is 0 Å². The summed E-state index contributed by atoms with van der Waals surface area (Å²) >= 11 is 7.73. The molecule has 0 aliphatic heterocycles. The molecule has 17 heavy (non-hydrogen) atoms. The van der Waals surface area contributed by atoms with Gasteiger partial charge in [0.25, 0.3) is 0 Å². The van der Waals surface area contributed by atoms with Gasteiger partial charge in [0.1, 0.15) is 0 Å². The van der Waals surface area contributed by atoms with E-state index in [1.165, 1.54) is 11.3 Å². The fraction of sp³-hybridized carbons (Fsp3) is 0.308. The molecule has 2 nitrogen and oxygen atoms in total. The monoisotopic (exact) mass is 267 g/mol. The van der Waals surface area contributed by atoms with Crippen molar-refractivity contribution in [2.24, 2.45) is 0 Å². The van der Waals surface area contributed by atoms with Gasteiger partial charge in [-0.2, -0.15) is 0 Å². The zero-order valence-corrected chi connectivity index (χ0v) is 11.4. The van der Waals surface area contributed by atoms with Crippen LogP contribution in [0.25, 0.3) is 10.1 Å². The van der Waals surface area contributed by atoms with Crippen molar-refractivity contribution < 1.29 is 4.79 Å². The molecule has 0 unspecified atom stereocenters. The van der Waals surface area contributed by atoms with Crippen molar-refractivity contribution in [1.82, 2.24) is 4.90 Å². The molecule has 0 atom stereocenters. The van der Waals surface area contributed by atoms with E-state index in [1.54, 1.807) is 0 Å². The van der Waals surface area contributed by atoms with Crippen molar-refractivity contribution in [2.45, 2.75) is 6.42 Å². The summed E-state index contributed by atoms with van der Waals surface area (Å²) < 4.78 is 1.07. The summed E-state index contributed by atoms with van der Waals surface area (Å²) in [6, 6.07) is 7.85. The van der Waals surface area contributed by atoms with Crippen LogP contribution in [0, 0.1) is 0 Å². The van der Waals surface area contributed by atoms with Gasteiger partial charge in [0.05, 0.1) is 9.90 Å². The van der Waals surface area contributed by atoms with E-state index in [0.29, 0.717) is 16.3 Å². The number of benzene rings is 1. The Labute approximate surface area is 110 Å². The van der Waals surface area contributed by atoms with Crippen molar-refractivity contribution in [1.29, 1.82) is 0 Å². The van der Waals surface area contributed by atoms with Crippen LogP contribution in [-0.4, -0.2) is 31.3 Å². The minimum absolute atomic E-state index is 0.130. The fourth-order valence-corrected chi connectivity index (χ4v) is 3.14. The van der Waals surface area contributed by atoms with Gasteiger partial charge >= 0.3 is 0 Å². The van der Waals surface area contributed by atoms with Crippen LogP contribution >= 0.6 is 22.9 Å². The molecule has 1 aromatic carbocycles. The van der Waals surface area contributed by atoms with Gasteiger partial charge in [-0.25, -0.2) is 0 Å². The number of rotatable bonds is 4. The SMILES string of the molecule is CN(C)CCC(=O)c1sc2ccccc2c1Cl. The molecule has 4 heteroatoms. The summed E-state index contributed by atoms with van der Waals surface area (Å²) in [5.74, 6) is 0.130. The molecule has 90 valence electrons. The van der Waals surface area contributed by atoms with Crippen LogP contribution in [-0.2, 0) is 0 Å². The lowest BCUT2D eigenvalue weighted by molar-refractivity contribution is 0.0976. The molecule has 2 aromatic rings. The van der Waals surface area contributed by atoms with Gasteiger partial charge in [-0.1, -0.05) is 29.8 Å². The van der Waals surface area contributed by atoms with Gasteiger partial charge in [-0.05, 0) is 20.2 Å². The molecule has 0 aliphatic carbocycles. The quantitative estimate of drug-likeness (QED) is 0.788. The van der Waals surface area contributed by atoms with Gasteiger partial charge in [0, 0.05) is 23.1 Å². The van der Waals surface area contributed by atoms with E-state index in [9.17, 15) is 4.79 Å². The van der Waals surface area contributed by atoms with Gasteiger partial charge in [0.15, 0.2) is 5.78 Å². The largest absolute Gasteiger partial charge is 0.309 e. The number of halogens is 1. The summed E-state index contributed by atoms with van der Waals surface area (Å²) in [7, 11) is 3.92. The lowest BCUT2D eigenvalue weighted by atomic mass is 10.2. The van der Waals surface area contributed by atoms with Crippen molar-refractivity contribution in [2.75, 3.05) is 20.6 Å². The van der Waals surface area contributed by atoms with Crippen LogP contribution in [0.5, 0.6) is 0 Å². The van der Waals surface area contributed by atoms with Gasteiger partial charge in [0.2, 0.25) is 0 Å². The first kappa shape index (κ1) is 12.6. The zero-order valence-electron chi connectivity index (χ0n) is 9.87. The second-order valence-corrected chi connectivity index (χ2v) is 5.65. The summed E-state index contributed by atoms with van der Waals surface area (Å²) in [6.07, 6.45) is 0.513. The normalized spacial score (nSPS) is 11.3. The third-order valence-electron chi connectivity index (χ3n) is 2.57. The van der Waals surface area contributed by atoms with Crippen molar-refractivity contribution in [3.63, 3.8) is 0 Å². The highest BCUT2D eigenvalue weighted by Crippen LogP contribution is 2.35. The zero-order chi connectivity index (χ0) is 12.4. The smallest absolute Gasteiger partial charge is 0.175 e. The minimum Gasteiger partial charge on any atom is -0.309 e. The number of hydrogen-bond donors (Lipinski definition) is 0. The maximum Gasteiger partial charge on any atom is 0.175 e. The van der Waals surface area contributed by atoms with E-state index < -0.39 is 0 Å². The number of ketones is 1. The van der Waals surface area contributed by atoms with Crippen LogP contribution < -0.4 is 0 Å². The van der Waals surface area contributed by atoms with Crippen LogP contribution in [0.4, 0.5) is 0 Å². The molecule has 0 amide bonds. The molecule has 0 N–H and O–H groups in total. The number of carbonyl (C=O) groups is 1. The molecule has 1 heterocycles.